The first-order valence-electron chi connectivity index (χ1n) is 9.18. The summed E-state index contributed by atoms with van der Waals surface area (Å²) in [5, 5.41) is 16.2. The number of carbonyl (C=O) groups excluding carboxylic acids is 2. The van der Waals surface area contributed by atoms with Gasteiger partial charge in [-0.3, -0.25) is 9.59 Å². The van der Waals surface area contributed by atoms with Crippen LogP contribution in [0.1, 0.15) is 23.5 Å². The predicted molar refractivity (Wildman–Crippen MR) is 118 cm³/mol. The minimum atomic E-state index is -0.429. The number of para-hydroxylation sites is 1. The normalized spacial score (nSPS) is 15.9. The third-order valence-electron chi connectivity index (χ3n) is 4.67. The van der Waals surface area contributed by atoms with E-state index >= 15 is 0 Å². The maximum Gasteiger partial charge on any atom is 0.234 e. The van der Waals surface area contributed by atoms with Crippen LogP contribution in [-0.4, -0.2) is 24.7 Å². The zero-order valence-electron chi connectivity index (χ0n) is 16.5. The standard InChI is InChI=1S/C22H20ClN3O3S/c1-13-7-8-14(9-18(13)23)25-21(28)12-30-22-17(11-24)16(10-20(27)26-22)15-5-3-4-6-19(15)29-2/h3-9,16H,10,12H2,1-2H3,(H,25,28)(H,26,27)/t16-/m1/s1. The lowest BCUT2D eigenvalue weighted by atomic mass is 9.86. The number of ether oxygens (including phenoxy) is 1. The van der Waals surface area contributed by atoms with Crippen LogP contribution in [0.2, 0.25) is 5.02 Å². The number of thioether (sulfide) groups is 1. The number of aryl methyl sites for hydroxylation is 1. The second-order valence-electron chi connectivity index (χ2n) is 6.70. The molecule has 2 aromatic rings. The van der Waals surface area contributed by atoms with Crippen molar-refractivity contribution in [3.63, 3.8) is 0 Å². The van der Waals surface area contributed by atoms with E-state index in [0.29, 0.717) is 27.1 Å². The summed E-state index contributed by atoms with van der Waals surface area (Å²) in [6.07, 6.45) is 0.140. The quantitative estimate of drug-likeness (QED) is 0.694. The van der Waals surface area contributed by atoms with Crippen molar-refractivity contribution in [1.29, 1.82) is 5.26 Å². The minimum Gasteiger partial charge on any atom is -0.496 e. The van der Waals surface area contributed by atoms with Crippen molar-refractivity contribution >= 4 is 40.9 Å². The maximum absolute atomic E-state index is 12.4. The van der Waals surface area contributed by atoms with Gasteiger partial charge in [0.2, 0.25) is 11.8 Å². The van der Waals surface area contributed by atoms with Crippen molar-refractivity contribution in [2.45, 2.75) is 19.3 Å². The lowest BCUT2D eigenvalue weighted by molar-refractivity contribution is -0.121. The first-order valence-corrected chi connectivity index (χ1v) is 10.5. The van der Waals surface area contributed by atoms with Crippen molar-refractivity contribution in [3.8, 4) is 11.8 Å². The molecule has 30 heavy (non-hydrogen) atoms. The van der Waals surface area contributed by atoms with Crippen molar-refractivity contribution in [3.05, 3.63) is 69.2 Å². The van der Waals surface area contributed by atoms with Crippen LogP contribution in [0.25, 0.3) is 0 Å². The highest BCUT2D eigenvalue weighted by atomic mass is 35.5. The van der Waals surface area contributed by atoms with Gasteiger partial charge >= 0.3 is 0 Å². The number of halogens is 1. The molecule has 154 valence electrons. The zero-order chi connectivity index (χ0) is 21.7. The Balaban J connectivity index is 1.78. The van der Waals surface area contributed by atoms with Crippen LogP contribution in [0, 0.1) is 18.3 Å². The van der Waals surface area contributed by atoms with Crippen molar-refractivity contribution in [2.24, 2.45) is 0 Å². The van der Waals surface area contributed by atoms with Gasteiger partial charge in [0.05, 0.1) is 29.5 Å². The molecule has 2 amide bonds. The highest BCUT2D eigenvalue weighted by molar-refractivity contribution is 8.03. The molecule has 0 unspecified atom stereocenters. The van der Waals surface area contributed by atoms with E-state index in [4.69, 9.17) is 16.3 Å². The number of benzene rings is 2. The molecule has 0 saturated carbocycles. The summed E-state index contributed by atoms with van der Waals surface area (Å²) in [6.45, 7) is 1.88. The summed E-state index contributed by atoms with van der Waals surface area (Å²) in [5.74, 6) is -0.258. The number of carbonyl (C=O) groups is 2. The lowest BCUT2D eigenvalue weighted by Crippen LogP contribution is -2.31. The Morgan fingerprint density at radius 1 is 1.37 bits per heavy atom. The summed E-state index contributed by atoms with van der Waals surface area (Å²) in [6, 6.07) is 14.8. The highest BCUT2D eigenvalue weighted by Crippen LogP contribution is 2.39. The maximum atomic E-state index is 12.4. The Kier molecular flexibility index (Phi) is 7.03. The number of methoxy groups -OCH3 is 1. The topological polar surface area (TPSA) is 91.2 Å². The molecule has 3 rings (SSSR count). The van der Waals surface area contributed by atoms with Gasteiger partial charge in [-0.25, -0.2) is 0 Å². The highest BCUT2D eigenvalue weighted by Gasteiger charge is 2.31. The van der Waals surface area contributed by atoms with Gasteiger partial charge < -0.3 is 15.4 Å². The van der Waals surface area contributed by atoms with Gasteiger partial charge in [-0.05, 0) is 30.7 Å². The van der Waals surface area contributed by atoms with Gasteiger partial charge in [0.15, 0.2) is 0 Å². The molecule has 0 aliphatic carbocycles. The smallest absolute Gasteiger partial charge is 0.234 e. The number of nitrogens with zero attached hydrogens (tertiary/aromatic N) is 1. The largest absolute Gasteiger partial charge is 0.496 e. The fourth-order valence-electron chi connectivity index (χ4n) is 3.16. The van der Waals surface area contributed by atoms with Crippen LogP contribution in [0.4, 0.5) is 5.69 Å². The molecule has 6 nitrogen and oxygen atoms in total. The SMILES string of the molecule is COc1ccccc1[C@H]1CC(=O)NC(SCC(=O)Nc2ccc(C)c(Cl)c2)=C1C#N. The van der Waals surface area contributed by atoms with Gasteiger partial charge in [0.1, 0.15) is 5.75 Å². The second kappa shape index (κ2) is 9.70. The number of nitrogens with one attached hydrogen (secondary N) is 2. The Morgan fingerprint density at radius 3 is 2.83 bits per heavy atom. The number of allylic oxidation sites excluding steroid dienone is 1. The van der Waals surface area contributed by atoms with Crippen molar-refractivity contribution < 1.29 is 14.3 Å². The first kappa shape index (κ1) is 21.8. The monoisotopic (exact) mass is 441 g/mol. The van der Waals surface area contributed by atoms with E-state index in [-0.39, 0.29) is 24.0 Å². The molecule has 0 saturated heterocycles. The Hall–Kier alpha value is -2.95. The fourth-order valence-corrected chi connectivity index (χ4v) is 4.22. The third-order valence-corrected chi connectivity index (χ3v) is 6.10. The van der Waals surface area contributed by atoms with E-state index in [1.807, 2.05) is 31.2 Å². The van der Waals surface area contributed by atoms with Crippen LogP contribution in [0.5, 0.6) is 5.75 Å². The van der Waals surface area contributed by atoms with E-state index in [1.165, 1.54) is 0 Å². The minimum absolute atomic E-state index is 0.0327. The van der Waals surface area contributed by atoms with Gasteiger partial charge in [0, 0.05) is 28.6 Å². The first-order chi connectivity index (χ1) is 14.4. The van der Waals surface area contributed by atoms with Crippen LogP contribution >= 0.6 is 23.4 Å². The number of nitriles is 1. The van der Waals surface area contributed by atoms with E-state index in [2.05, 4.69) is 16.7 Å². The number of amides is 2. The van der Waals surface area contributed by atoms with Crippen LogP contribution in [0.15, 0.2) is 53.1 Å². The molecule has 1 atom stereocenters. The van der Waals surface area contributed by atoms with Crippen LogP contribution in [-0.2, 0) is 9.59 Å². The van der Waals surface area contributed by atoms with Crippen LogP contribution < -0.4 is 15.4 Å². The van der Waals surface area contributed by atoms with E-state index < -0.39 is 5.92 Å². The molecule has 2 aromatic carbocycles. The molecule has 1 aliphatic heterocycles. The van der Waals surface area contributed by atoms with Crippen molar-refractivity contribution in [2.75, 3.05) is 18.2 Å². The summed E-state index contributed by atoms with van der Waals surface area (Å²) in [5.41, 5.74) is 2.68. The number of hydrogen-bond acceptors (Lipinski definition) is 5. The molecule has 0 aromatic heterocycles. The van der Waals surface area contributed by atoms with Gasteiger partial charge in [-0.15, -0.1) is 0 Å². The molecule has 8 heteroatoms. The number of anilines is 1. The molecule has 0 fully saturated rings. The molecule has 0 spiro atoms. The molecular weight excluding hydrogens is 422 g/mol. The van der Waals surface area contributed by atoms with Gasteiger partial charge in [-0.2, -0.15) is 5.26 Å². The molecule has 0 bridgehead atoms. The summed E-state index contributed by atoms with van der Waals surface area (Å²) in [4.78, 5) is 24.7. The van der Waals surface area contributed by atoms with E-state index in [9.17, 15) is 14.9 Å². The summed E-state index contributed by atoms with van der Waals surface area (Å²) in [7, 11) is 1.55. The average molecular weight is 442 g/mol. The average Bonchev–Trinajstić information content (AvgIpc) is 2.74. The summed E-state index contributed by atoms with van der Waals surface area (Å²) < 4.78 is 5.40. The Bertz CT molecular complexity index is 1060. The Labute approximate surface area is 184 Å². The van der Waals surface area contributed by atoms with E-state index in [1.54, 1.807) is 25.3 Å². The number of hydrogen-bond donors (Lipinski definition) is 2. The zero-order valence-corrected chi connectivity index (χ0v) is 18.1. The van der Waals surface area contributed by atoms with Gasteiger partial charge in [-0.1, -0.05) is 47.6 Å². The molecule has 2 N–H and O–H groups in total. The lowest BCUT2D eigenvalue weighted by Gasteiger charge is -2.26. The van der Waals surface area contributed by atoms with E-state index in [0.717, 1.165) is 22.9 Å². The Morgan fingerprint density at radius 2 is 2.13 bits per heavy atom. The molecule has 1 aliphatic rings. The molecule has 0 radical (unpaired) electrons. The van der Waals surface area contributed by atoms with Crippen molar-refractivity contribution in [1.82, 2.24) is 5.32 Å². The predicted octanol–water partition coefficient (Wildman–Crippen LogP) is 4.37. The summed E-state index contributed by atoms with van der Waals surface area (Å²) >= 11 is 7.21. The fraction of sp³-hybridized carbons (Fsp3) is 0.227. The van der Waals surface area contributed by atoms with Crippen LogP contribution in [0.3, 0.4) is 0 Å². The van der Waals surface area contributed by atoms with Gasteiger partial charge in [0.25, 0.3) is 0 Å². The third kappa shape index (κ3) is 4.96. The second-order valence-corrected chi connectivity index (χ2v) is 8.10. The molecule has 1 heterocycles. The molecular formula is C22H20ClN3O3S. The number of rotatable bonds is 6.